The predicted octanol–water partition coefficient (Wildman–Crippen LogP) is 3.41. The third-order valence-corrected chi connectivity index (χ3v) is 9.14. The van der Waals surface area contributed by atoms with Crippen LogP contribution >= 0.6 is 0 Å². The number of hydrogen-bond donors (Lipinski definition) is 1. The molecule has 1 N–H and O–H groups in total. The number of ether oxygens (including phenoxy) is 3. The van der Waals surface area contributed by atoms with Gasteiger partial charge in [0, 0.05) is 18.2 Å². The second-order valence-corrected chi connectivity index (χ2v) is 11.5. The largest absolute Gasteiger partial charge is 0.494 e. The molecule has 8 rings (SSSR count). The van der Waals surface area contributed by atoms with E-state index in [9.17, 15) is 24.5 Å². The summed E-state index contributed by atoms with van der Waals surface area (Å²) in [6.07, 6.45) is 1.49. The molecule has 0 radical (unpaired) electrons. The Kier molecular flexibility index (Phi) is 6.38. The van der Waals surface area contributed by atoms with Crippen molar-refractivity contribution in [1.82, 2.24) is 5.43 Å². The molecule has 2 heterocycles. The van der Waals surface area contributed by atoms with Crippen LogP contribution in [-0.2, 0) is 29.3 Å². The Morgan fingerprint density at radius 2 is 1.70 bits per heavy atom. The number of non-ortho nitro benzene ring substituents is 1. The molecule has 44 heavy (non-hydrogen) atoms. The van der Waals surface area contributed by atoms with E-state index in [2.05, 4.69) is 10.5 Å². The van der Waals surface area contributed by atoms with Crippen molar-refractivity contribution in [2.75, 3.05) is 25.2 Å². The molecule has 2 aliphatic heterocycles. The van der Waals surface area contributed by atoms with Crippen molar-refractivity contribution in [3.63, 3.8) is 0 Å². The highest BCUT2D eigenvalue weighted by molar-refractivity contribution is 6.25. The summed E-state index contributed by atoms with van der Waals surface area (Å²) in [4.78, 5) is 53.8. The van der Waals surface area contributed by atoms with E-state index in [4.69, 9.17) is 14.2 Å². The lowest BCUT2D eigenvalue weighted by Crippen LogP contribution is -2.54. The topological polar surface area (TPSA) is 150 Å². The number of benzene rings is 3. The number of nitro benzene ring substituents is 1. The predicted molar refractivity (Wildman–Crippen MR) is 156 cm³/mol. The van der Waals surface area contributed by atoms with Gasteiger partial charge in [-0.1, -0.05) is 48.5 Å². The number of imide groups is 1. The highest BCUT2D eigenvalue weighted by Gasteiger charge is 2.68. The van der Waals surface area contributed by atoms with E-state index in [-0.39, 0.29) is 23.5 Å². The van der Waals surface area contributed by atoms with Gasteiger partial charge >= 0.3 is 0 Å². The molecular weight excluding hydrogens is 568 g/mol. The molecule has 12 heteroatoms. The van der Waals surface area contributed by atoms with Crippen LogP contribution in [0.1, 0.15) is 41.5 Å². The van der Waals surface area contributed by atoms with Crippen molar-refractivity contribution in [3.05, 3.63) is 99.1 Å². The fraction of sp³-hybridized carbons (Fsp3) is 0.312. The first-order valence-electron chi connectivity index (χ1n) is 14.2. The monoisotopic (exact) mass is 596 g/mol. The second kappa shape index (κ2) is 10.1. The smallest absolute Gasteiger partial charge is 0.273 e. The fourth-order valence-electron chi connectivity index (χ4n) is 7.45. The number of amides is 3. The van der Waals surface area contributed by atoms with Crippen LogP contribution in [0.15, 0.2) is 71.8 Å². The molecule has 2 atom stereocenters. The summed E-state index contributed by atoms with van der Waals surface area (Å²) >= 11 is 0. The first-order valence-corrected chi connectivity index (χ1v) is 14.2. The number of hydrazone groups is 1. The number of methoxy groups -OCH3 is 1. The van der Waals surface area contributed by atoms with Gasteiger partial charge in [0.1, 0.15) is 5.75 Å². The third-order valence-electron chi connectivity index (χ3n) is 9.14. The number of carbonyl (C=O) groups excluding carboxylic acids is 3. The van der Waals surface area contributed by atoms with E-state index < -0.39 is 51.6 Å². The van der Waals surface area contributed by atoms with Gasteiger partial charge in [0.2, 0.25) is 17.7 Å². The van der Waals surface area contributed by atoms with E-state index >= 15 is 0 Å². The van der Waals surface area contributed by atoms with Gasteiger partial charge in [-0.15, -0.1) is 0 Å². The van der Waals surface area contributed by atoms with Crippen molar-refractivity contribution >= 4 is 35.3 Å². The molecule has 5 aliphatic rings. The standard InChI is InChI=1S/C32H28N4O8/c1-31(43-13-14-44-31)16-25(37)34-33-17-32-21-9-5-3-7-19(21)26(20-8-4-6-10-22(20)32)27-28(32)30(39)35(29(27)38)23-12-11-18(36(40)41)15-24(23)42-2/h3-12,15,17,26-28H,13-14,16H2,1-2H3,(H,34,37)/b33-17-/t26?,27-,28-,32?/m1/s1. The molecule has 2 fully saturated rings. The van der Waals surface area contributed by atoms with Gasteiger partial charge in [0.05, 0.1) is 60.7 Å². The number of nitrogens with one attached hydrogen (secondary N) is 1. The fourth-order valence-corrected chi connectivity index (χ4v) is 7.45. The van der Waals surface area contributed by atoms with Crippen LogP contribution in [-0.4, -0.2) is 55.0 Å². The zero-order chi connectivity index (χ0) is 30.8. The normalized spacial score (nSPS) is 26.0. The number of anilines is 1. The van der Waals surface area contributed by atoms with Gasteiger partial charge in [0.15, 0.2) is 5.79 Å². The molecule has 3 amide bonds. The zero-order valence-corrected chi connectivity index (χ0v) is 23.9. The Bertz CT molecular complexity index is 1720. The number of rotatable bonds is 7. The molecule has 12 nitrogen and oxygen atoms in total. The lowest BCUT2D eigenvalue weighted by atomic mass is 9.47. The Morgan fingerprint density at radius 1 is 1.07 bits per heavy atom. The minimum absolute atomic E-state index is 0.0294. The lowest BCUT2D eigenvalue weighted by molar-refractivity contribution is -0.384. The van der Waals surface area contributed by atoms with Crippen LogP contribution in [0.25, 0.3) is 0 Å². The van der Waals surface area contributed by atoms with Crippen LogP contribution in [0.2, 0.25) is 0 Å². The summed E-state index contributed by atoms with van der Waals surface area (Å²) < 4.78 is 16.5. The van der Waals surface area contributed by atoms with Crippen LogP contribution in [0.4, 0.5) is 11.4 Å². The second-order valence-electron chi connectivity index (χ2n) is 11.5. The van der Waals surface area contributed by atoms with Crippen LogP contribution in [0.3, 0.4) is 0 Å². The Labute approximate surface area is 251 Å². The number of hydrogen-bond acceptors (Lipinski definition) is 9. The molecule has 2 saturated heterocycles. The van der Waals surface area contributed by atoms with E-state index in [0.717, 1.165) is 27.2 Å². The van der Waals surface area contributed by atoms with Crippen molar-refractivity contribution < 1.29 is 33.5 Å². The van der Waals surface area contributed by atoms with Gasteiger partial charge < -0.3 is 14.2 Å². The first kappa shape index (κ1) is 27.9. The average molecular weight is 597 g/mol. The minimum atomic E-state index is -1.21. The summed E-state index contributed by atoms with van der Waals surface area (Å²) in [5.74, 6) is -4.51. The summed E-state index contributed by atoms with van der Waals surface area (Å²) in [5.41, 5.74) is 4.68. The van der Waals surface area contributed by atoms with E-state index in [1.165, 1.54) is 25.3 Å². The van der Waals surface area contributed by atoms with Gasteiger partial charge in [-0.3, -0.25) is 24.5 Å². The number of nitro groups is 1. The molecule has 0 saturated carbocycles. The summed E-state index contributed by atoms with van der Waals surface area (Å²) in [7, 11) is 1.33. The first-order chi connectivity index (χ1) is 21.2. The zero-order valence-electron chi connectivity index (χ0n) is 23.9. The van der Waals surface area contributed by atoms with Crippen molar-refractivity contribution in [2.45, 2.75) is 30.5 Å². The van der Waals surface area contributed by atoms with Gasteiger partial charge in [-0.25, -0.2) is 10.3 Å². The summed E-state index contributed by atoms with van der Waals surface area (Å²) in [6.45, 7) is 2.46. The van der Waals surface area contributed by atoms with Crippen LogP contribution < -0.4 is 15.1 Å². The van der Waals surface area contributed by atoms with Gasteiger partial charge in [-0.2, -0.15) is 5.10 Å². The molecule has 224 valence electrons. The van der Waals surface area contributed by atoms with E-state index in [0.29, 0.717) is 13.2 Å². The molecule has 0 aromatic heterocycles. The molecule has 0 spiro atoms. The quantitative estimate of drug-likeness (QED) is 0.189. The Morgan fingerprint density at radius 3 is 2.32 bits per heavy atom. The number of nitrogens with zero attached hydrogens (tertiary/aromatic N) is 3. The minimum Gasteiger partial charge on any atom is -0.494 e. The van der Waals surface area contributed by atoms with Crippen molar-refractivity contribution in [2.24, 2.45) is 16.9 Å². The SMILES string of the molecule is COc1cc([N+](=O)[O-])ccc1N1C(=O)[C@@H]2C3c4ccccc4C(/C=N\NC(=O)CC4(C)OCCO4)(c4ccccc43)[C@H]2C1=O. The highest BCUT2D eigenvalue weighted by Crippen LogP contribution is 2.64. The maximum atomic E-state index is 14.6. The summed E-state index contributed by atoms with van der Waals surface area (Å²) in [5, 5.41) is 15.8. The molecule has 2 bridgehead atoms. The van der Waals surface area contributed by atoms with Crippen molar-refractivity contribution in [1.29, 1.82) is 0 Å². The summed E-state index contributed by atoms with van der Waals surface area (Å²) in [6, 6.07) is 19.1. The molecule has 0 unspecified atom stereocenters. The van der Waals surface area contributed by atoms with Crippen molar-refractivity contribution in [3.8, 4) is 5.75 Å². The molecular formula is C32H28N4O8. The van der Waals surface area contributed by atoms with Crippen LogP contribution in [0, 0.1) is 22.0 Å². The van der Waals surface area contributed by atoms with Gasteiger partial charge in [0.25, 0.3) is 5.69 Å². The Hall–Kier alpha value is -4.94. The molecule has 3 aromatic rings. The maximum Gasteiger partial charge on any atom is 0.273 e. The van der Waals surface area contributed by atoms with Gasteiger partial charge in [-0.05, 0) is 35.2 Å². The highest BCUT2D eigenvalue weighted by atomic mass is 16.7. The molecule has 3 aromatic carbocycles. The average Bonchev–Trinajstić information content (AvgIpc) is 3.57. The van der Waals surface area contributed by atoms with Crippen LogP contribution in [0.5, 0.6) is 5.75 Å². The number of carbonyl (C=O) groups is 3. The Balaban J connectivity index is 1.36. The third kappa shape index (κ3) is 3.91. The lowest BCUT2D eigenvalue weighted by Gasteiger charge is -2.52. The molecule has 3 aliphatic carbocycles. The van der Waals surface area contributed by atoms with E-state index in [1.54, 1.807) is 13.1 Å². The van der Waals surface area contributed by atoms with E-state index in [1.807, 2.05) is 48.5 Å². The maximum absolute atomic E-state index is 14.6.